The van der Waals surface area contributed by atoms with Gasteiger partial charge in [0.15, 0.2) is 0 Å². The highest BCUT2D eigenvalue weighted by Crippen LogP contribution is 2.41. The first-order chi connectivity index (χ1) is 12.5. The van der Waals surface area contributed by atoms with Crippen LogP contribution < -0.4 is 14.0 Å². The van der Waals surface area contributed by atoms with Gasteiger partial charge in [0.05, 0.1) is 15.1 Å². The van der Waals surface area contributed by atoms with E-state index in [1.165, 1.54) is 0 Å². The van der Waals surface area contributed by atoms with Crippen molar-refractivity contribution in [1.29, 1.82) is 0 Å². The molecule has 0 saturated heterocycles. The van der Waals surface area contributed by atoms with Crippen molar-refractivity contribution in [3.63, 3.8) is 0 Å². The predicted octanol–water partition coefficient (Wildman–Crippen LogP) is 2.05. The Morgan fingerprint density at radius 1 is 0.846 bits per heavy atom. The molecule has 0 amide bonds. The van der Waals surface area contributed by atoms with Crippen molar-refractivity contribution >= 4 is 39.5 Å². The van der Waals surface area contributed by atoms with Gasteiger partial charge < -0.3 is 0 Å². The van der Waals surface area contributed by atoms with Crippen molar-refractivity contribution in [2.75, 3.05) is 0 Å². The van der Waals surface area contributed by atoms with E-state index in [2.05, 4.69) is 0 Å². The van der Waals surface area contributed by atoms with Gasteiger partial charge in [-0.1, -0.05) is 60.3 Å². The molecule has 26 heavy (non-hydrogen) atoms. The molecular formula is C19H13ClO4S2. The zero-order valence-electron chi connectivity index (χ0n) is 13.3. The van der Waals surface area contributed by atoms with Gasteiger partial charge in [-0.15, -0.1) is 0 Å². The molecule has 0 N–H and O–H groups in total. The van der Waals surface area contributed by atoms with Crippen molar-refractivity contribution in [1.82, 2.24) is 0 Å². The SMILES string of the molecule is [O-][Cl+3]([O-])([O-])OS1=C(/C=C2\C=Cc3ccccc3S2)C=Cc2ccccc21. The summed E-state index contributed by atoms with van der Waals surface area (Å²) < 4.78 is 38.6. The summed E-state index contributed by atoms with van der Waals surface area (Å²) in [6.45, 7) is 0. The van der Waals surface area contributed by atoms with Crippen molar-refractivity contribution in [2.45, 2.75) is 9.79 Å². The fourth-order valence-electron chi connectivity index (χ4n) is 2.66. The van der Waals surface area contributed by atoms with Gasteiger partial charge in [-0.2, -0.15) is 14.0 Å². The van der Waals surface area contributed by atoms with Gasteiger partial charge in [0.1, 0.15) is 14.5 Å². The van der Waals surface area contributed by atoms with Gasteiger partial charge in [-0.3, -0.25) is 0 Å². The number of fused-ring (bicyclic) bond motifs is 2. The van der Waals surface area contributed by atoms with Crippen LogP contribution in [-0.2, 0) is 3.74 Å². The zero-order valence-corrected chi connectivity index (χ0v) is 15.7. The lowest BCUT2D eigenvalue weighted by Gasteiger charge is -2.19. The topological polar surface area (TPSA) is 78.4 Å². The normalized spacial score (nSPS) is 20.2. The molecule has 4 nitrogen and oxygen atoms in total. The fourth-order valence-corrected chi connectivity index (χ4v) is 6.12. The summed E-state index contributed by atoms with van der Waals surface area (Å²) in [7, 11) is -5.83. The third-order valence-corrected chi connectivity index (χ3v) is 7.41. The molecule has 2 aliphatic heterocycles. The number of thioether (sulfide) groups is 1. The Hall–Kier alpha value is -1.64. The van der Waals surface area contributed by atoms with E-state index in [4.69, 9.17) is 3.74 Å². The fraction of sp³-hybridized carbons (Fsp3) is 0. The summed E-state index contributed by atoms with van der Waals surface area (Å²) in [5, 5.41) is 0. The first-order valence-corrected chi connectivity index (χ1v) is 10.9. The van der Waals surface area contributed by atoms with Crippen LogP contribution in [0.4, 0.5) is 0 Å². The number of hydrogen-bond donors (Lipinski definition) is 0. The molecule has 7 heteroatoms. The smallest absolute Gasteiger partial charge is 0.147 e. The Morgan fingerprint density at radius 3 is 2.35 bits per heavy atom. The molecule has 0 aliphatic carbocycles. The standard InChI is InChI=1S/C19H13ClO4S2/c21-20(22,23)24-26-17(12-10-15-6-2-4-8-19(15)26)13-16-11-9-14-5-1-3-7-18(14)25-16/h1-13H/b16-13+. The van der Waals surface area contributed by atoms with E-state index in [1.807, 2.05) is 60.7 Å². The lowest BCUT2D eigenvalue weighted by Crippen LogP contribution is -2.60. The summed E-state index contributed by atoms with van der Waals surface area (Å²) in [6, 6.07) is 15.3. The summed E-state index contributed by atoms with van der Waals surface area (Å²) in [6.07, 6.45) is 9.55. The molecule has 0 spiro atoms. The molecule has 1 unspecified atom stereocenters. The van der Waals surface area contributed by atoms with E-state index in [-0.39, 0.29) is 0 Å². The molecule has 4 rings (SSSR count). The maximum Gasteiger partial charge on any atom is 0.147 e. The van der Waals surface area contributed by atoms with Crippen LogP contribution in [0.2, 0.25) is 0 Å². The largest absolute Gasteiger partial charge is 0.182 e. The monoisotopic (exact) mass is 404 g/mol. The minimum absolute atomic E-state index is 0.641. The Bertz CT molecular complexity index is 987. The van der Waals surface area contributed by atoms with Crippen LogP contribution >= 0.6 is 22.5 Å². The van der Waals surface area contributed by atoms with Gasteiger partial charge >= 0.3 is 0 Å². The first kappa shape index (κ1) is 17.8. The average molecular weight is 405 g/mol. The average Bonchev–Trinajstić information content (AvgIpc) is 2.62. The highest BCUT2D eigenvalue weighted by atomic mass is 35.7. The maximum atomic E-state index is 11.2. The van der Waals surface area contributed by atoms with Crippen LogP contribution in [0.3, 0.4) is 0 Å². The summed E-state index contributed by atoms with van der Waals surface area (Å²) in [4.78, 5) is 3.39. The number of halogens is 1. The number of hydrogen-bond acceptors (Lipinski definition) is 5. The van der Waals surface area contributed by atoms with E-state index in [0.29, 0.717) is 9.76 Å². The quantitative estimate of drug-likeness (QED) is 0.578. The van der Waals surface area contributed by atoms with Crippen LogP contribution in [0, 0.1) is 10.2 Å². The second-order valence-electron chi connectivity index (χ2n) is 5.50. The number of rotatable bonds is 3. The third kappa shape index (κ3) is 3.87. The summed E-state index contributed by atoms with van der Waals surface area (Å²) in [5.41, 5.74) is 1.98. The molecule has 0 saturated carbocycles. The van der Waals surface area contributed by atoms with Crippen LogP contribution in [0.15, 0.2) is 81.5 Å². The van der Waals surface area contributed by atoms with E-state index in [1.54, 1.807) is 30.0 Å². The Labute approximate surface area is 160 Å². The molecule has 2 aliphatic rings. The van der Waals surface area contributed by atoms with Gasteiger partial charge in [-0.25, -0.2) is 0 Å². The van der Waals surface area contributed by atoms with Crippen molar-refractivity contribution in [3.05, 3.63) is 82.8 Å². The van der Waals surface area contributed by atoms with Crippen molar-refractivity contribution in [2.24, 2.45) is 0 Å². The molecule has 0 aromatic heterocycles. The molecule has 0 bridgehead atoms. The minimum Gasteiger partial charge on any atom is -0.182 e. The third-order valence-electron chi connectivity index (χ3n) is 3.76. The summed E-state index contributed by atoms with van der Waals surface area (Å²) in [5.74, 6) is 0. The molecular weight excluding hydrogens is 392 g/mol. The van der Waals surface area contributed by atoms with Gasteiger partial charge in [0.25, 0.3) is 0 Å². The van der Waals surface area contributed by atoms with Crippen LogP contribution in [0.25, 0.3) is 12.2 Å². The lowest BCUT2D eigenvalue weighted by atomic mass is 10.2. The van der Waals surface area contributed by atoms with E-state index < -0.39 is 21.0 Å². The van der Waals surface area contributed by atoms with Crippen LogP contribution in [-0.4, -0.2) is 4.86 Å². The predicted molar refractivity (Wildman–Crippen MR) is 96.8 cm³/mol. The Morgan fingerprint density at radius 2 is 1.54 bits per heavy atom. The highest BCUT2D eigenvalue weighted by molar-refractivity contribution is 8.12. The molecule has 1 atom stereocenters. The van der Waals surface area contributed by atoms with Crippen molar-refractivity contribution < 1.29 is 28.0 Å². The molecule has 0 radical (unpaired) electrons. The number of benzene rings is 2. The van der Waals surface area contributed by atoms with E-state index in [9.17, 15) is 14.0 Å². The van der Waals surface area contributed by atoms with Gasteiger partial charge in [0, 0.05) is 14.7 Å². The second-order valence-corrected chi connectivity index (χ2v) is 9.33. The number of allylic oxidation sites excluding steroid dienone is 3. The van der Waals surface area contributed by atoms with Crippen LogP contribution in [0.1, 0.15) is 11.1 Å². The Balaban J connectivity index is 1.77. The molecule has 2 aromatic carbocycles. The van der Waals surface area contributed by atoms with E-state index in [0.717, 1.165) is 20.9 Å². The minimum atomic E-state index is -4.54. The Kier molecular flexibility index (Phi) is 4.90. The highest BCUT2D eigenvalue weighted by Gasteiger charge is 2.28. The molecule has 132 valence electrons. The molecule has 0 fully saturated rings. The van der Waals surface area contributed by atoms with Gasteiger partial charge in [-0.05, 0) is 41.5 Å². The molecule has 2 heterocycles. The summed E-state index contributed by atoms with van der Waals surface area (Å²) >= 11 is 1.59. The van der Waals surface area contributed by atoms with Gasteiger partial charge in [0.2, 0.25) is 0 Å². The van der Waals surface area contributed by atoms with Crippen molar-refractivity contribution in [3.8, 4) is 0 Å². The lowest BCUT2D eigenvalue weighted by molar-refractivity contribution is -1.91. The van der Waals surface area contributed by atoms with E-state index >= 15 is 0 Å². The first-order valence-electron chi connectivity index (χ1n) is 7.65. The zero-order chi connectivity index (χ0) is 18.1. The molecule has 2 aromatic rings. The maximum absolute atomic E-state index is 11.2. The van der Waals surface area contributed by atoms with Crippen LogP contribution in [0.5, 0.6) is 0 Å². The second kappa shape index (κ2) is 7.17.